The maximum Gasteiger partial charge on any atom is 0.231 e. The van der Waals surface area contributed by atoms with Crippen molar-refractivity contribution >= 4 is 21.8 Å². The van der Waals surface area contributed by atoms with Gasteiger partial charge in [-0.1, -0.05) is 18.2 Å². The Labute approximate surface area is 136 Å². The number of H-pyrrole nitrogens is 1. The van der Waals surface area contributed by atoms with Crippen molar-refractivity contribution in [3.05, 3.63) is 65.0 Å². The highest BCUT2D eigenvalue weighted by molar-refractivity contribution is 5.87. The maximum absolute atomic E-state index is 12.5. The van der Waals surface area contributed by atoms with Gasteiger partial charge in [-0.3, -0.25) is 9.78 Å². The van der Waals surface area contributed by atoms with E-state index >= 15 is 0 Å². The van der Waals surface area contributed by atoms with E-state index in [1.165, 1.54) is 0 Å². The van der Waals surface area contributed by atoms with Crippen LogP contribution >= 0.6 is 0 Å². The molecule has 2 aromatic heterocycles. The monoisotopic (exact) mass is 316 g/mol. The number of nitrogens with zero attached hydrogens (tertiary/aromatic N) is 1. The Balaban J connectivity index is 1.73. The molecule has 0 amide bonds. The number of pyridine rings is 2. The smallest absolute Gasteiger partial charge is 0.231 e. The van der Waals surface area contributed by atoms with E-state index in [0.29, 0.717) is 16.9 Å². The van der Waals surface area contributed by atoms with Crippen molar-refractivity contribution in [3.63, 3.8) is 0 Å². The third-order valence-electron chi connectivity index (χ3n) is 4.22. The first-order valence-electron chi connectivity index (χ1n) is 7.60. The molecule has 1 aliphatic heterocycles. The van der Waals surface area contributed by atoms with Crippen molar-refractivity contribution in [1.82, 2.24) is 9.97 Å². The Morgan fingerprint density at radius 1 is 1.00 bits per heavy atom. The summed E-state index contributed by atoms with van der Waals surface area (Å²) in [6.45, 7) is 0.182. The molecule has 116 valence electrons. The van der Waals surface area contributed by atoms with Crippen molar-refractivity contribution in [2.24, 2.45) is 0 Å². The molecule has 24 heavy (non-hydrogen) atoms. The van der Waals surface area contributed by atoms with Crippen LogP contribution in [0.25, 0.3) is 33.1 Å². The van der Waals surface area contributed by atoms with Crippen molar-refractivity contribution in [1.29, 1.82) is 0 Å². The lowest BCUT2D eigenvalue weighted by Gasteiger charge is -2.07. The van der Waals surface area contributed by atoms with Crippen molar-refractivity contribution < 1.29 is 9.47 Å². The zero-order valence-corrected chi connectivity index (χ0v) is 12.6. The molecular weight excluding hydrogens is 304 g/mol. The molecule has 5 heteroatoms. The van der Waals surface area contributed by atoms with E-state index in [1.54, 1.807) is 24.4 Å². The lowest BCUT2D eigenvalue weighted by Crippen LogP contribution is -2.03. The van der Waals surface area contributed by atoms with Gasteiger partial charge >= 0.3 is 0 Å². The van der Waals surface area contributed by atoms with Gasteiger partial charge < -0.3 is 14.5 Å². The van der Waals surface area contributed by atoms with E-state index in [0.717, 1.165) is 27.7 Å². The highest BCUT2D eigenvalue weighted by Crippen LogP contribution is 2.35. The predicted molar refractivity (Wildman–Crippen MR) is 91.4 cm³/mol. The Bertz CT molecular complexity index is 1160. The Hall–Kier alpha value is -3.34. The Kier molecular flexibility index (Phi) is 2.64. The molecule has 4 aromatic rings. The van der Waals surface area contributed by atoms with Crippen LogP contribution in [0.5, 0.6) is 11.5 Å². The molecule has 5 nitrogen and oxygen atoms in total. The number of aromatic amines is 1. The number of benzene rings is 2. The summed E-state index contributed by atoms with van der Waals surface area (Å²) in [6, 6.07) is 15.0. The van der Waals surface area contributed by atoms with Crippen LogP contribution in [0.1, 0.15) is 0 Å². The summed E-state index contributed by atoms with van der Waals surface area (Å²) in [4.78, 5) is 20.3. The molecule has 5 rings (SSSR count). The average Bonchev–Trinajstić information content (AvgIpc) is 3.07. The SMILES string of the molecule is O=c1cc(-c2cnc3ccccc3c2)[nH]c2cc3c(cc12)OCO3. The van der Waals surface area contributed by atoms with E-state index in [-0.39, 0.29) is 12.2 Å². The molecule has 0 bridgehead atoms. The topological polar surface area (TPSA) is 64.2 Å². The second-order valence-electron chi connectivity index (χ2n) is 5.72. The highest BCUT2D eigenvalue weighted by atomic mass is 16.7. The van der Waals surface area contributed by atoms with Gasteiger partial charge in [0.25, 0.3) is 0 Å². The molecule has 0 spiro atoms. The van der Waals surface area contributed by atoms with Crippen LogP contribution in [-0.4, -0.2) is 16.8 Å². The molecular formula is C19H12N2O3. The molecule has 0 saturated heterocycles. The zero-order valence-electron chi connectivity index (χ0n) is 12.6. The van der Waals surface area contributed by atoms with E-state index in [4.69, 9.17) is 9.47 Å². The fourth-order valence-electron chi connectivity index (χ4n) is 3.01. The van der Waals surface area contributed by atoms with Gasteiger partial charge in [-0.15, -0.1) is 0 Å². The molecule has 0 atom stereocenters. The minimum Gasteiger partial charge on any atom is -0.454 e. The number of hydrogen-bond donors (Lipinski definition) is 1. The van der Waals surface area contributed by atoms with Crippen molar-refractivity contribution in [3.8, 4) is 22.8 Å². The normalized spacial score (nSPS) is 12.8. The summed E-state index contributed by atoms with van der Waals surface area (Å²) >= 11 is 0. The molecule has 2 aromatic carbocycles. The average molecular weight is 316 g/mol. The summed E-state index contributed by atoms with van der Waals surface area (Å²) in [6.07, 6.45) is 1.77. The van der Waals surface area contributed by atoms with E-state index in [1.807, 2.05) is 30.3 Å². The first kappa shape index (κ1) is 13.1. The summed E-state index contributed by atoms with van der Waals surface area (Å²) in [5.41, 5.74) is 3.17. The van der Waals surface area contributed by atoms with Crippen LogP contribution in [0.15, 0.2) is 59.5 Å². The first-order chi connectivity index (χ1) is 11.8. The summed E-state index contributed by atoms with van der Waals surface area (Å²) in [5, 5.41) is 1.61. The van der Waals surface area contributed by atoms with Crippen LogP contribution in [0.2, 0.25) is 0 Å². The molecule has 0 radical (unpaired) electrons. The molecule has 1 aliphatic rings. The van der Waals surface area contributed by atoms with E-state index < -0.39 is 0 Å². The summed E-state index contributed by atoms with van der Waals surface area (Å²) in [7, 11) is 0. The second-order valence-corrected chi connectivity index (χ2v) is 5.72. The summed E-state index contributed by atoms with van der Waals surface area (Å²) < 4.78 is 10.7. The van der Waals surface area contributed by atoms with Gasteiger partial charge in [0.2, 0.25) is 6.79 Å². The molecule has 0 aliphatic carbocycles. The maximum atomic E-state index is 12.5. The number of ether oxygens (including phenoxy) is 2. The van der Waals surface area contributed by atoms with Crippen molar-refractivity contribution in [2.45, 2.75) is 0 Å². The van der Waals surface area contributed by atoms with Gasteiger partial charge in [0.15, 0.2) is 16.9 Å². The molecule has 3 heterocycles. The van der Waals surface area contributed by atoms with E-state index in [2.05, 4.69) is 9.97 Å². The lowest BCUT2D eigenvalue weighted by molar-refractivity contribution is 0.174. The number of rotatable bonds is 1. The lowest BCUT2D eigenvalue weighted by atomic mass is 10.1. The number of aromatic nitrogens is 2. The van der Waals surface area contributed by atoms with Crippen LogP contribution < -0.4 is 14.9 Å². The number of fused-ring (bicyclic) bond motifs is 3. The van der Waals surface area contributed by atoms with E-state index in [9.17, 15) is 4.79 Å². The minimum absolute atomic E-state index is 0.0646. The Morgan fingerprint density at radius 2 is 1.83 bits per heavy atom. The molecule has 0 saturated carbocycles. The quantitative estimate of drug-likeness (QED) is 0.584. The molecule has 0 fully saturated rings. The number of hydrogen-bond acceptors (Lipinski definition) is 4. The molecule has 0 unspecified atom stereocenters. The molecule has 1 N–H and O–H groups in total. The van der Waals surface area contributed by atoms with Crippen LogP contribution in [0, 0.1) is 0 Å². The largest absolute Gasteiger partial charge is 0.454 e. The highest BCUT2D eigenvalue weighted by Gasteiger charge is 2.16. The van der Waals surface area contributed by atoms with Crippen LogP contribution in [-0.2, 0) is 0 Å². The van der Waals surface area contributed by atoms with Gasteiger partial charge in [-0.2, -0.15) is 0 Å². The zero-order chi connectivity index (χ0) is 16.1. The van der Waals surface area contributed by atoms with Gasteiger partial charge in [0, 0.05) is 34.7 Å². The Morgan fingerprint density at radius 3 is 2.75 bits per heavy atom. The second kappa shape index (κ2) is 4.83. The summed E-state index contributed by atoms with van der Waals surface area (Å²) in [5.74, 6) is 1.25. The standard InChI is InChI=1S/C19H12N2O3/c22-17-7-15(12-5-11-3-1-2-4-14(11)20-9-12)21-16-8-19-18(6-13(16)17)23-10-24-19/h1-9H,10H2,(H,21,22). The van der Waals surface area contributed by atoms with Gasteiger partial charge in [-0.25, -0.2) is 0 Å². The third-order valence-corrected chi connectivity index (χ3v) is 4.22. The van der Waals surface area contributed by atoms with Crippen LogP contribution in [0.4, 0.5) is 0 Å². The van der Waals surface area contributed by atoms with Crippen LogP contribution in [0.3, 0.4) is 0 Å². The van der Waals surface area contributed by atoms with Gasteiger partial charge in [-0.05, 0) is 18.2 Å². The third kappa shape index (κ3) is 1.95. The fraction of sp³-hybridized carbons (Fsp3) is 0.0526. The fourth-order valence-corrected chi connectivity index (χ4v) is 3.01. The first-order valence-corrected chi connectivity index (χ1v) is 7.60. The van der Waals surface area contributed by atoms with Gasteiger partial charge in [0.1, 0.15) is 0 Å². The van der Waals surface area contributed by atoms with Gasteiger partial charge in [0.05, 0.1) is 16.7 Å². The number of nitrogens with one attached hydrogen (secondary N) is 1. The number of para-hydroxylation sites is 1. The minimum atomic E-state index is -0.0646. The predicted octanol–water partition coefficient (Wildman–Crippen LogP) is 3.47. The van der Waals surface area contributed by atoms with Crippen molar-refractivity contribution in [2.75, 3.05) is 6.79 Å².